The molecular weight excluding hydrogens is 211 g/mol. The summed E-state index contributed by atoms with van der Waals surface area (Å²) in [6, 6.07) is 0. The molecular formula is C7H16Cl2Si2. The zero-order valence-corrected chi connectivity index (χ0v) is 11.1. The highest BCUT2D eigenvalue weighted by atomic mass is 35.6. The van der Waals surface area contributed by atoms with Crippen LogP contribution in [0.1, 0.15) is 6.42 Å². The Labute approximate surface area is 80.7 Å². The highest BCUT2D eigenvalue weighted by Gasteiger charge is 2.55. The van der Waals surface area contributed by atoms with E-state index < -0.39 is 14.8 Å². The third-order valence-corrected chi connectivity index (χ3v) is 9.37. The summed E-state index contributed by atoms with van der Waals surface area (Å²) >= 11 is 12.7. The Morgan fingerprint density at radius 3 is 1.27 bits per heavy atom. The highest BCUT2D eigenvalue weighted by Crippen LogP contribution is 2.63. The van der Waals surface area contributed by atoms with E-state index in [1.807, 2.05) is 0 Å². The van der Waals surface area contributed by atoms with Gasteiger partial charge in [0.25, 0.3) is 0 Å². The van der Waals surface area contributed by atoms with Crippen molar-refractivity contribution in [1.82, 2.24) is 0 Å². The second kappa shape index (κ2) is 2.76. The van der Waals surface area contributed by atoms with Gasteiger partial charge < -0.3 is 0 Å². The molecule has 0 nitrogen and oxygen atoms in total. The normalized spacial score (nSPS) is 32.2. The monoisotopic (exact) mass is 226 g/mol. The van der Waals surface area contributed by atoms with Gasteiger partial charge >= 0.3 is 0 Å². The lowest BCUT2D eigenvalue weighted by Gasteiger charge is -2.17. The lowest BCUT2D eigenvalue weighted by atomic mass is 10.9. The first-order chi connectivity index (χ1) is 4.73. The molecule has 0 radical (unpaired) electrons. The standard InChI is InChI=1S/C7H16Cl2Si2/c1-10(2,8)6-5-7(6)11(3,4)9/h6-7H,5H2,1-4H3. The summed E-state index contributed by atoms with van der Waals surface area (Å²) in [5, 5.41) is 0. The Hall–Kier alpha value is 1.01. The summed E-state index contributed by atoms with van der Waals surface area (Å²) in [6.07, 6.45) is 1.31. The molecule has 0 amide bonds. The summed E-state index contributed by atoms with van der Waals surface area (Å²) in [6.45, 7) is 8.93. The van der Waals surface area contributed by atoms with Gasteiger partial charge in [0.1, 0.15) is 0 Å². The van der Waals surface area contributed by atoms with Gasteiger partial charge in [0.05, 0.1) is 0 Å². The summed E-state index contributed by atoms with van der Waals surface area (Å²) in [5.74, 6) is 0. The molecule has 4 heteroatoms. The Balaban J connectivity index is 2.51. The lowest BCUT2D eigenvalue weighted by Crippen LogP contribution is -2.23. The fraction of sp³-hybridized carbons (Fsp3) is 1.00. The van der Waals surface area contributed by atoms with E-state index in [0.717, 1.165) is 11.1 Å². The summed E-state index contributed by atoms with van der Waals surface area (Å²) in [5.41, 5.74) is 1.62. The molecule has 2 atom stereocenters. The van der Waals surface area contributed by atoms with E-state index in [-0.39, 0.29) is 0 Å². The van der Waals surface area contributed by atoms with Crippen molar-refractivity contribution in [3.8, 4) is 0 Å². The van der Waals surface area contributed by atoms with Crippen molar-refractivity contribution in [2.75, 3.05) is 0 Å². The third-order valence-electron chi connectivity index (χ3n) is 2.55. The first kappa shape index (κ1) is 10.1. The van der Waals surface area contributed by atoms with Crippen LogP contribution in [0.25, 0.3) is 0 Å². The zero-order valence-electron chi connectivity index (χ0n) is 7.62. The highest BCUT2D eigenvalue weighted by molar-refractivity contribution is 7.24. The predicted molar refractivity (Wildman–Crippen MR) is 58.8 cm³/mol. The molecule has 1 aliphatic rings. The minimum atomic E-state index is -1.37. The van der Waals surface area contributed by atoms with E-state index in [0.29, 0.717) is 0 Å². The molecule has 0 bridgehead atoms. The molecule has 0 heterocycles. The largest absolute Gasteiger partial charge is 0.167 e. The molecule has 66 valence electrons. The van der Waals surface area contributed by atoms with E-state index >= 15 is 0 Å². The Morgan fingerprint density at radius 2 is 1.18 bits per heavy atom. The minimum absolute atomic E-state index is 0.809. The topological polar surface area (TPSA) is 0 Å². The van der Waals surface area contributed by atoms with Crippen LogP contribution in [0.5, 0.6) is 0 Å². The maximum atomic E-state index is 6.33. The van der Waals surface area contributed by atoms with Gasteiger partial charge in [-0.1, -0.05) is 32.6 Å². The van der Waals surface area contributed by atoms with Crippen LogP contribution >= 0.6 is 22.2 Å². The van der Waals surface area contributed by atoms with Crippen LogP contribution in [0.2, 0.25) is 37.3 Å². The number of hydrogen-bond acceptors (Lipinski definition) is 0. The van der Waals surface area contributed by atoms with E-state index in [1.165, 1.54) is 6.42 Å². The van der Waals surface area contributed by atoms with E-state index in [4.69, 9.17) is 22.2 Å². The van der Waals surface area contributed by atoms with Gasteiger partial charge in [-0.3, -0.25) is 0 Å². The Bertz CT molecular complexity index is 139. The van der Waals surface area contributed by atoms with Gasteiger partial charge in [0.15, 0.2) is 14.8 Å². The fourth-order valence-corrected chi connectivity index (χ4v) is 10.1. The molecule has 0 aromatic heterocycles. The fourth-order valence-electron chi connectivity index (χ4n) is 1.71. The van der Waals surface area contributed by atoms with Gasteiger partial charge in [0.2, 0.25) is 0 Å². The van der Waals surface area contributed by atoms with E-state index in [1.54, 1.807) is 0 Å². The Morgan fingerprint density at radius 1 is 0.909 bits per heavy atom. The lowest BCUT2D eigenvalue weighted by molar-refractivity contribution is 1.33. The summed E-state index contributed by atoms with van der Waals surface area (Å²) in [7, 11) is -2.75. The zero-order chi connectivity index (χ0) is 8.86. The van der Waals surface area contributed by atoms with Crippen molar-refractivity contribution in [3.63, 3.8) is 0 Å². The average molecular weight is 227 g/mol. The third kappa shape index (κ3) is 2.48. The van der Waals surface area contributed by atoms with Gasteiger partial charge in [-0.25, -0.2) is 0 Å². The molecule has 11 heavy (non-hydrogen) atoms. The number of hydrogen-bond donors (Lipinski definition) is 0. The van der Waals surface area contributed by atoms with Crippen molar-refractivity contribution in [3.05, 3.63) is 0 Å². The van der Waals surface area contributed by atoms with Crippen LogP contribution in [0.3, 0.4) is 0 Å². The molecule has 0 aromatic rings. The molecule has 0 aliphatic heterocycles. The molecule has 0 aromatic carbocycles. The maximum absolute atomic E-state index is 6.33. The van der Waals surface area contributed by atoms with E-state index in [2.05, 4.69) is 26.2 Å². The predicted octanol–water partition coefficient (Wildman–Crippen LogP) is 4.02. The van der Waals surface area contributed by atoms with Crippen LogP contribution in [0, 0.1) is 0 Å². The molecule has 1 aliphatic carbocycles. The second-order valence-electron chi connectivity index (χ2n) is 4.58. The Kier molecular flexibility index (Phi) is 2.53. The van der Waals surface area contributed by atoms with Crippen LogP contribution in [0.4, 0.5) is 0 Å². The molecule has 1 rings (SSSR count). The van der Waals surface area contributed by atoms with Crippen LogP contribution in [-0.4, -0.2) is 14.8 Å². The van der Waals surface area contributed by atoms with E-state index in [9.17, 15) is 0 Å². The summed E-state index contributed by atoms with van der Waals surface area (Å²) in [4.78, 5) is 0. The first-order valence-corrected chi connectivity index (χ1v) is 12.3. The first-order valence-electron chi connectivity index (χ1n) is 4.11. The molecule has 1 saturated carbocycles. The van der Waals surface area contributed by atoms with Gasteiger partial charge in [0, 0.05) is 0 Å². The van der Waals surface area contributed by atoms with Crippen molar-refractivity contribution in [1.29, 1.82) is 0 Å². The molecule has 0 N–H and O–H groups in total. The number of halogens is 2. The summed E-state index contributed by atoms with van der Waals surface area (Å²) < 4.78 is 0. The molecule has 2 unspecified atom stereocenters. The van der Waals surface area contributed by atoms with Gasteiger partial charge in [-0.15, -0.1) is 0 Å². The van der Waals surface area contributed by atoms with Gasteiger partial charge in [-0.05, 0) is 11.1 Å². The molecule has 1 fully saturated rings. The second-order valence-corrected chi connectivity index (χ2v) is 18.2. The number of rotatable bonds is 2. The van der Waals surface area contributed by atoms with Gasteiger partial charge in [-0.2, -0.15) is 22.2 Å². The smallest absolute Gasteiger partial charge is 0.153 e. The average Bonchev–Trinajstić information content (AvgIpc) is 2.30. The molecule has 0 saturated heterocycles. The van der Waals surface area contributed by atoms with Crippen LogP contribution in [-0.2, 0) is 0 Å². The minimum Gasteiger partial charge on any atom is -0.167 e. The van der Waals surface area contributed by atoms with Crippen LogP contribution < -0.4 is 0 Å². The van der Waals surface area contributed by atoms with Crippen molar-refractivity contribution in [2.45, 2.75) is 43.7 Å². The van der Waals surface area contributed by atoms with Crippen molar-refractivity contribution < 1.29 is 0 Å². The molecule has 0 spiro atoms. The van der Waals surface area contributed by atoms with Crippen LogP contribution in [0.15, 0.2) is 0 Å². The SMILES string of the molecule is C[Si](C)(Cl)C1CC1[Si](C)(C)Cl. The van der Waals surface area contributed by atoms with Crippen molar-refractivity contribution in [2.24, 2.45) is 0 Å². The van der Waals surface area contributed by atoms with Crippen molar-refractivity contribution >= 4 is 36.9 Å². The maximum Gasteiger partial charge on any atom is 0.153 e. The quantitative estimate of drug-likeness (QED) is 0.493.